The summed E-state index contributed by atoms with van der Waals surface area (Å²) in [6.45, 7) is 1.33. The number of aliphatic hydroxyl groups excluding tert-OH is 1. The van der Waals surface area contributed by atoms with E-state index in [-0.39, 0.29) is 11.2 Å². The fraction of sp³-hybridized carbons (Fsp3) is 0.467. The normalized spacial score (nSPS) is 20.0. The van der Waals surface area contributed by atoms with E-state index in [0.717, 1.165) is 48.1 Å². The number of benzene rings is 1. The first-order valence-corrected chi connectivity index (χ1v) is 13.9. The van der Waals surface area contributed by atoms with Crippen LogP contribution in [0.25, 0.3) is 11.1 Å². The molecular weight excluding hydrogens is 457 g/mol. The highest BCUT2D eigenvalue weighted by molar-refractivity contribution is 7.08. The van der Waals surface area contributed by atoms with Crippen molar-refractivity contribution in [2.24, 2.45) is 5.41 Å². The molecule has 3 aliphatic rings. The number of rotatable bonds is 4. The van der Waals surface area contributed by atoms with Gasteiger partial charge in [0.2, 0.25) is 0 Å². The van der Waals surface area contributed by atoms with Crippen molar-refractivity contribution in [3.8, 4) is 11.1 Å². The number of halogens is 1. The van der Waals surface area contributed by atoms with Gasteiger partial charge in [-0.1, -0.05) is 62.8 Å². The molecule has 1 aromatic carbocycles. The largest absolute Gasteiger partial charge is 0.388 e. The zero-order valence-electron chi connectivity index (χ0n) is 20.5. The monoisotopic (exact) mass is 491 g/mol. The molecule has 35 heavy (non-hydrogen) atoms. The Morgan fingerprint density at radius 3 is 2.31 bits per heavy atom. The van der Waals surface area contributed by atoms with E-state index in [9.17, 15) is 14.3 Å². The van der Waals surface area contributed by atoms with Crippen LogP contribution in [0.15, 0.2) is 41.1 Å². The van der Waals surface area contributed by atoms with Gasteiger partial charge in [0.15, 0.2) is 5.78 Å². The molecule has 2 heterocycles. The van der Waals surface area contributed by atoms with Gasteiger partial charge in [0, 0.05) is 28.1 Å². The van der Waals surface area contributed by atoms with E-state index in [2.05, 4.69) is 0 Å². The molecular formula is C30H34FNO2S. The minimum Gasteiger partial charge on any atom is -0.388 e. The molecule has 3 aliphatic carbocycles. The Hall–Kier alpha value is -2.37. The van der Waals surface area contributed by atoms with Crippen molar-refractivity contribution in [1.29, 1.82) is 0 Å². The molecule has 1 atom stereocenters. The van der Waals surface area contributed by atoms with Crippen molar-refractivity contribution in [2.75, 3.05) is 0 Å². The second kappa shape index (κ2) is 10.3. The maximum Gasteiger partial charge on any atom is 0.195 e. The van der Waals surface area contributed by atoms with Crippen LogP contribution in [0, 0.1) is 12.3 Å². The smallest absolute Gasteiger partial charge is 0.195 e. The van der Waals surface area contributed by atoms with Crippen LogP contribution in [0.2, 0.25) is 0 Å². The third-order valence-electron chi connectivity index (χ3n) is 8.07. The second-order valence-corrected chi connectivity index (χ2v) is 11.3. The average Bonchev–Trinajstić information content (AvgIpc) is 3.59. The number of aromatic nitrogens is 1. The van der Waals surface area contributed by atoms with Gasteiger partial charge in [-0.25, -0.2) is 4.39 Å². The van der Waals surface area contributed by atoms with Gasteiger partial charge in [-0.15, -0.1) is 0 Å². The van der Waals surface area contributed by atoms with Gasteiger partial charge in [0.05, 0.1) is 11.7 Å². The zero-order chi connectivity index (χ0) is 24.4. The summed E-state index contributed by atoms with van der Waals surface area (Å²) < 4.78 is 12.9. The number of fused-ring (bicyclic) bond motifs is 1. The summed E-state index contributed by atoms with van der Waals surface area (Å²) in [7, 11) is 0. The topological polar surface area (TPSA) is 50.2 Å². The van der Waals surface area contributed by atoms with Crippen molar-refractivity contribution in [3.63, 3.8) is 0 Å². The van der Waals surface area contributed by atoms with Gasteiger partial charge in [-0.3, -0.25) is 9.78 Å². The summed E-state index contributed by atoms with van der Waals surface area (Å²) in [4.78, 5) is 18.4. The Morgan fingerprint density at radius 2 is 1.77 bits per heavy atom. The molecule has 0 aliphatic heterocycles. The number of alkyl halides is 1. The van der Waals surface area contributed by atoms with Crippen LogP contribution in [-0.2, 0) is 13.1 Å². The van der Waals surface area contributed by atoms with E-state index < -0.39 is 12.8 Å². The van der Waals surface area contributed by atoms with Gasteiger partial charge < -0.3 is 5.11 Å². The van der Waals surface area contributed by atoms with Gasteiger partial charge in [-0.2, -0.15) is 11.3 Å². The number of hydrogen-bond acceptors (Lipinski definition) is 4. The molecule has 5 heteroatoms. The number of carbonyl (C=O) groups excluding carboxylic acids is 1. The first-order valence-electron chi connectivity index (χ1n) is 12.9. The molecule has 2 saturated carbocycles. The van der Waals surface area contributed by atoms with Crippen molar-refractivity contribution in [1.82, 2.24) is 4.98 Å². The number of pyridine rings is 1. The number of ketones is 1. The van der Waals surface area contributed by atoms with E-state index in [1.807, 2.05) is 23.8 Å². The van der Waals surface area contributed by atoms with Gasteiger partial charge in [-0.05, 0) is 66.0 Å². The second-order valence-electron chi connectivity index (χ2n) is 10.5. The standard InChI is InChI=1S/C25H24FNO2S.C5H10/c1-15-21(24(29)17-5-3-16(13-26)4-6-17)22(18-7-10-30-14-18)23-19(27-15)11-25(8-2-9-25)12-20(23)28;1-2-4-5-3-1/h3-7,10,14,20,28H,2,8-9,11-13H2,1H3;1-5H2. The van der Waals surface area contributed by atoms with Crippen LogP contribution in [0.4, 0.5) is 4.39 Å². The number of nitrogens with zero attached hydrogens (tertiary/aromatic N) is 1. The minimum absolute atomic E-state index is 0.134. The maximum atomic E-state index is 13.6. The number of aryl methyl sites for hydroxylation is 1. The summed E-state index contributed by atoms with van der Waals surface area (Å²) in [5, 5.41) is 15.2. The molecule has 1 N–H and O–H groups in total. The van der Waals surface area contributed by atoms with Crippen LogP contribution < -0.4 is 0 Å². The summed E-state index contributed by atoms with van der Waals surface area (Å²) >= 11 is 1.57. The van der Waals surface area contributed by atoms with Crippen LogP contribution in [0.3, 0.4) is 0 Å². The third-order valence-corrected chi connectivity index (χ3v) is 8.75. The lowest BCUT2D eigenvalue weighted by Crippen LogP contribution is -2.38. The molecule has 0 saturated heterocycles. The summed E-state index contributed by atoms with van der Waals surface area (Å²) in [6.07, 6.45) is 12.0. The molecule has 0 bridgehead atoms. The van der Waals surface area contributed by atoms with Crippen molar-refractivity contribution in [2.45, 2.75) is 83.9 Å². The summed E-state index contributed by atoms with van der Waals surface area (Å²) in [5.41, 5.74) is 6.00. The minimum atomic E-state index is -0.613. The predicted octanol–water partition coefficient (Wildman–Crippen LogP) is 7.92. The van der Waals surface area contributed by atoms with E-state index in [4.69, 9.17) is 4.98 Å². The highest BCUT2D eigenvalue weighted by Crippen LogP contribution is 2.55. The molecule has 0 amide bonds. The van der Waals surface area contributed by atoms with Gasteiger partial charge >= 0.3 is 0 Å². The zero-order valence-corrected chi connectivity index (χ0v) is 21.3. The molecule has 3 aromatic rings. The first-order chi connectivity index (χ1) is 17.0. The average molecular weight is 492 g/mol. The van der Waals surface area contributed by atoms with Gasteiger partial charge in [0.25, 0.3) is 0 Å². The summed E-state index contributed by atoms with van der Waals surface area (Å²) in [5.74, 6) is -0.134. The molecule has 6 rings (SSSR count). The Morgan fingerprint density at radius 1 is 1.09 bits per heavy atom. The fourth-order valence-corrected chi connectivity index (χ4v) is 6.67. The van der Waals surface area contributed by atoms with Crippen LogP contribution in [0.1, 0.15) is 102 Å². The van der Waals surface area contributed by atoms with E-state index in [1.165, 1.54) is 38.5 Å². The highest BCUT2D eigenvalue weighted by Gasteiger charge is 2.45. The number of aliphatic hydroxyl groups is 1. The first kappa shape index (κ1) is 24.3. The van der Waals surface area contributed by atoms with Crippen molar-refractivity contribution in [3.05, 3.63) is 74.7 Å². The quantitative estimate of drug-likeness (QED) is 0.377. The van der Waals surface area contributed by atoms with Crippen molar-refractivity contribution >= 4 is 17.1 Å². The highest BCUT2D eigenvalue weighted by atomic mass is 32.1. The fourth-order valence-electron chi connectivity index (χ4n) is 6.03. The molecule has 2 aromatic heterocycles. The van der Waals surface area contributed by atoms with E-state index in [0.29, 0.717) is 22.4 Å². The SMILES string of the molecule is C1CCCC1.Cc1nc2c(c(-c3ccsc3)c1C(=O)c1ccc(CF)cc1)C(O)CC1(CCC1)C2. The maximum absolute atomic E-state index is 13.6. The van der Waals surface area contributed by atoms with Crippen LogP contribution >= 0.6 is 11.3 Å². The third kappa shape index (κ3) is 4.85. The lowest BCUT2D eigenvalue weighted by molar-refractivity contribution is 0.0247. The van der Waals surface area contributed by atoms with Crippen LogP contribution in [-0.4, -0.2) is 15.9 Å². The Bertz CT molecular complexity index is 1170. The molecule has 0 radical (unpaired) electrons. The molecule has 1 spiro atoms. The summed E-state index contributed by atoms with van der Waals surface area (Å²) in [6, 6.07) is 8.64. The molecule has 184 valence electrons. The predicted molar refractivity (Wildman–Crippen MR) is 140 cm³/mol. The molecule has 2 fully saturated rings. The molecule has 1 unspecified atom stereocenters. The Labute approximate surface area is 211 Å². The lowest BCUT2D eigenvalue weighted by Gasteiger charge is -2.47. The van der Waals surface area contributed by atoms with Gasteiger partial charge in [0.1, 0.15) is 6.67 Å². The van der Waals surface area contributed by atoms with E-state index >= 15 is 0 Å². The Kier molecular flexibility index (Phi) is 7.17. The van der Waals surface area contributed by atoms with E-state index in [1.54, 1.807) is 35.6 Å². The number of hydrogen-bond donors (Lipinski definition) is 1. The number of carbonyl (C=O) groups is 1. The molecule has 3 nitrogen and oxygen atoms in total. The lowest BCUT2D eigenvalue weighted by atomic mass is 9.59. The number of thiophene rings is 1. The van der Waals surface area contributed by atoms with Crippen LogP contribution in [0.5, 0.6) is 0 Å². The Balaban J connectivity index is 0.000000453. The van der Waals surface area contributed by atoms with Crippen molar-refractivity contribution < 1.29 is 14.3 Å².